The van der Waals surface area contributed by atoms with Crippen LogP contribution in [0, 0.1) is 11.6 Å². The minimum atomic E-state index is -0.723. The lowest BCUT2D eigenvalue weighted by atomic mass is 10.2. The fourth-order valence-electron chi connectivity index (χ4n) is 1.93. The number of aromatic nitrogens is 1. The second-order valence-electron chi connectivity index (χ2n) is 4.82. The molecule has 0 fully saturated rings. The van der Waals surface area contributed by atoms with Crippen molar-refractivity contribution in [1.82, 2.24) is 9.88 Å². The van der Waals surface area contributed by atoms with Crippen LogP contribution in [0.25, 0.3) is 0 Å². The summed E-state index contributed by atoms with van der Waals surface area (Å²) in [6, 6.07) is 5.96. The first kappa shape index (κ1) is 16.5. The highest BCUT2D eigenvalue weighted by Gasteiger charge is 2.16. The maximum Gasteiger partial charge on any atom is 0.339 e. The average Bonchev–Trinajstić information content (AvgIpc) is 2.56. The Morgan fingerprint density at radius 1 is 1.22 bits per heavy atom. The summed E-state index contributed by atoms with van der Waals surface area (Å²) < 4.78 is 31.0. The van der Waals surface area contributed by atoms with Crippen molar-refractivity contribution in [3.05, 3.63) is 65.0 Å². The normalized spacial score (nSPS) is 10.3. The Morgan fingerprint density at radius 3 is 2.52 bits per heavy atom. The summed E-state index contributed by atoms with van der Waals surface area (Å²) in [5.74, 6) is -2.41. The van der Waals surface area contributed by atoms with Crippen LogP contribution in [0.15, 0.2) is 36.5 Å². The van der Waals surface area contributed by atoms with E-state index in [1.807, 2.05) is 0 Å². The highest BCUT2D eigenvalue weighted by molar-refractivity contribution is 5.94. The first-order valence-electron chi connectivity index (χ1n) is 6.66. The van der Waals surface area contributed by atoms with Gasteiger partial charge in [-0.15, -0.1) is 0 Å². The van der Waals surface area contributed by atoms with E-state index in [1.165, 1.54) is 43.5 Å². The van der Waals surface area contributed by atoms with Crippen LogP contribution in [0.2, 0.25) is 0 Å². The summed E-state index contributed by atoms with van der Waals surface area (Å²) >= 11 is 0. The Kier molecular flexibility index (Phi) is 5.00. The second kappa shape index (κ2) is 6.95. The van der Waals surface area contributed by atoms with Crippen molar-refractivity contribution >= 4 is 11.9 Å². The molecule has 1 aromatic heterocycles. The van der Waals surface area contributed by atoms with Gasteiger partial charge in [0.2, 0.25) is 0 Å². The molecule has 0 bridgehead atoms. The van der Waals surface area contributed by atoms with E-state index in [1.54, 1.807) is 0 Å². The number of esters is 1. The number of carbonyl (C=O) groups is 2. The van der Waals surface area contributed by atoms with Crippen molar-refractivity contribution in [2.75, 3.05) is 14.2 Å². The SMILES string of the molecule is COC(=O)c1ccc(C(=O)N(C)Cc2ccc(F)cc2F)nc1. The number of halogens is 2. The zero-order valence-electron chi connectivity index (χ0n) is 12.5. The molecule has 23 heavy (non-hydrogen) atoms. The molecule has 0 saturated carbocycles. The third-order valence-electron chi connectivity index (χ3n) is 3.17. The number of hydrogen-bond acceptors (Lipinski definition) is 4. The van der Waals surface area contributed by atoms with E-state index < -0.39 is 23.5 Å². The van der Waals surface area contributed by atoms with E-state index in [2.05, 4.69) is 9.72 Å². The van der Waals surface area contributed by atoms with Gasteiger partial charge in [0, 0.05) is 31.4 Å². The predicted molar refractivity (Wildman–Crippen MR) is 77.7 cm³/mol. The Bertz CT molecular complexity index is 733. The van der Waals surface area contributed by atoms with E-state index in [4.69, 9.17) is 0 Å². The lowest BCUT2D eigenvalue weighted by Gasteiger charge is -2.17. The second-order valence-corrected chi connectivity index (χ2v) is 4.82. The standard InChI is InChI=1S/C16H14F2N2O3/c1-20(9-11-3-5-12(17)7-13(11)18)15(21)14-6-4-10(8-19-14)16(22)23-2/h3-8H,9H2,1-2H3. The van der Waals surface area contributed by atoms with E-state index in [0.717, 1.165) is 12.1 Å². The van der Waals surface area contributed by atoms with Crippen LogP contribution in [0.4, 0.5) is 8.78 Å². The Balaban J connectivity index is 2.11. The zero-order valence-corrected chi connectivity index (χ0v) is 12.5. The fraction of sp³-hybridized carbons (Fsp3) is 0.188. The van der Waals surface area contributed by atoms with Gasteiger partial charge in [-0.2, -0.15) is 0 Å². The minimum Gasteiger partial charge on any atom is -0.465 e. The summed E-state index contributed by atoms with van der Waals surface area (Å²) in [6.45, 7) is -0.0363. The number of carbonyl (C=O) groups excluding carboxylic acids is 2. The first-order valence-corrected chi connectivity index (χ1v) is 6.66. The summed E-state index contributed by atoms with van der Waals surface area (Å²) in [6.07, 6.45) is 1.23. The molecule has 0 N–H and O–H groups in total. The van der Waals surface area contributed by atoms with E-state index in [9.17, 15) is 18.4 Å². The van der Waals surface area contributed by atoms with E-state index in [-0.39, 0.29) is 23.4 Å². The maximum atomic E-state index is 13.6. The van der Waals surface area contributed by atoms with Gasteiger partial charge in [-0.1, -0.05) is 6.07 Å². The Hall–Kier alpha value is -2.83. The van der Waals surface area contributed by atoms with Gasteiger partial charge in [0.1, 0.15) is 17.3 Å². The number of methoxy groups -OCH3 is 1. The van der Waals surface area contributed by atoms with Crippen molar-refractivity contribution in [2.24, 2.45) is 0 Å². The molecule has 0 aliphatic carbocycles. The molecule has 0 unspecified atom stereocenters. The monoisotopic (exact) mass is 320 g/mol. The molecule has 2 aromatic rings. The molecule has 120 valence electrons. The van der Waals surface area contributed by atoms with Crippen LogP contribution in [0.3, 0.4) is 0 Å². The molecule has 2 rings (SSSR count). The third kappa shape index (κ3) is 3.88. The lowest BCUT2D eigenvalue weighted by Crippen LogP contribution is -2.27. The van der Waals surface area contributed by atoms with Crippen LogP contribution in [-0.2, 0) is 11.3 Å². The fourth-order valence-corrected chi connectivity index (χ4v) is 1.93. The summed E-state index contributed by atoms with van der Waals surface area (Å²) in [5, 5.41) is 0. The molecule has 0 aliphatic rings. The average molecular weight is 320 g/mol. The van der Waals surface area contributed by atoms with Crippen molar-refractivity contribution in [3.63, 3.8) is 0 Å². The molecular weight excluding hydrogens is 306 g/mol. The molecule has 0 spiro atoms. The summed E-state index contributed by atoms with van der Waals surface area (Å²) in [7, 11) is 2.72. The molecule has 5 nitrogen and oxygen atoms in total. The highest BCUT2D eigenvalue weighted by Crippen LogP contribution is 2.13. The highest BCUT2D eigenvalue weighted by atomic mass is 19.1. The third-order valence-corrected chi connectivity index (χ3v) is 3.17. The summed E-state index contributed by atoms with van der Waals surface area (Å²) in [5.41, 5.74) is 0.507. The van der Waals surface area contributed by atoms with Gasteiger partial charge in [-0.3, -0.25) is 9.78 Å². The Morgan fingerprint density at radius 2 is 1.96 bits per heavy atom. The molecule has 0 radical (unpaired) electrons. The largest absolute Gasteiger partial charge is 0.465 e. The van der Waals surface area contributed by atoms with Crippen LogP contribution >= 0.6 is 0 Å². The predicted octanol–water partition coefficient (Wildman–Crippen LogP) is 2.42. The lowest BCUT2D eigenvalue weighted by molar-refractivity contribution is 0.0599. The number of rotatable bonds is 4. The first-order chi connectivity index (χ1) is 10.9. The number of hydrogen-bond donors (Lipinski definition) is 0. The van der Waals surface area contributed by atoms with E-state index in [0.29, 0.717) is 0 Å². The number of ether oxygens (including phenoxy) is 1. The number of pyridine rings is 1. The smallest absolute Gasteiger partial charge is 0.339 e. The molecule has 1 heterocycles. The van der Waals surface area contributed by atoms with Crippen molar-refractivity contribution in [3.8, 4) is 0 Å². The van der Waals surface area contributed by atoms with Gasteiger partial charge in [-0.25, -0.2) is 13.6 Å². The van der Waals surface area contributed by atoms with Crippen LogP contribution in [0.5, 0.6) is 0 Å². The van der Waals surface area contributed by atoms with Crippen molar-refractivity contribution < 1.29 is 23.1 Å². The number of nitrogens with zero attached hydrogens (tertiary/aromatic N) is 2. The van der Waals surface area contributed by atoms with Crippen LogP contribution < -0.4 is 0 Å². The molecule has 0 atom stereocenters. The molecule has 1 aromatic carbocycles. The van der Waals surface area contributed by atoms with Gasteiger partial charge >= 0.3 is 5.97 Å². The molecule has 7 heteroatoms. The molecule has 0 aliphatic heterocycles. The summed E-state index contributed by atoms with van der Waals surface area (Å²) in [4.78, 5) is 28.7. The van der Waals surface area contributed by atoms with Gasteiger partial charge in [0.05, 0.1) is 12.7 Å². The quantitative estimate of drug-likeness (QED) is 0.812. The maximum absolute atomic E-state index is 13.6. The molecule has 1 amide bonds. The van der Waals surface area contributed by atoms with Crippen molar-refractivity contribution in [1.29, 1.82) is 0 Å². The van der Waals surface area contributed by atoms with Gasteiger partial charge in [0.15, 0.2) is 0 Å². The molecule has 0 saturated heterocycles. The van der Waals surface area contributed by atoms with Gasteiger partial charge in [-0.05, 0) is 18.2 Å². The molecular formula is C16H14F2N2O3. The van der Waals surface area contributed by atoms with Crippen LogP contribution in [-0.4, -0.2) is 35.9 Å². The minimum absolute atomic E-state index is 0.0363. The van der Waals surface area contributed by atoms with Crippen LogP contribution in [0.1, 0.15) is 26.4 Å². The van der Waals surface area contributed by atoms with E-state index >= 15 is 0 Å². The zero-order chi connectivity index (χ0) is 17.0. The Labute approximate surface area is 131 Å². The number of amides is 1. The number of benzene rings is 1. The topological polar surface area (TPSA) is 59.5 Å². The van der Waals surface area contributed by atoms with Crippen molar-refractivity contribution in [2.45, 2.75) is 6.54 Å². The van der Waals surface area contributed by atoms with Gasteiger partial charge in [0.25, 0.3) is 5.91 Å². The van der Waals surface area contributed by atoms with Gasteiger partial charge < -0.3 is 9.64 Å².